The molecule has 1 N–H and O–H groups in total. The van der Waals surface area contributed by atoms with Crippen LogP contribution in [-0.2, 0) is 4.79 Å². The average Bonchev–Trinajstić information content (AvgIpc) is 2.52. The number of hydrogen-bond acceptors (Lipinski definition) is 2. The fourth-order valence-electron chi connectivity index (χ4n) is 3.08. The number of carbonyl (C=O) groups excluding carboxylic acids is 1. The quantitative estimate of drug-likeness (QED) is 0.288. The Balaban J connectivity index is 3.25. The van der Waals surface area contributed by atoms with Gasteiger partial charge in [-0.15, -0.1) is 0 Å². The van der Waals surface area contributed by atoms with Crippen molar-refractivity contribution in [1.29, 1.82) is 0 Å². The van der Waals surface area contributed by atoms with E-state index in [0.29, 0.717) is 12.8 Å². The van der Waals surface area contributed by atoms with Crippen molar-refractivity contribution in [2.24, 2.45) is 0 Å². The van der Waals surface area contributed by atoms with Crippen molar-refractivity contribution >= 4 is 5.78 Å². The predicted molar refractivity (Wildman–Crippen MR) is 101 cm³/mol. The molecule has 0 spiro atoms. The van der Waals surface area contributed by atoms with E-state index in [4.69, 9.17) is 0 Å². The van der Waals surface area contributed by atoms with Crippen LogP contribution in [0.25, 0.3) is 0 Å². The first kappa shape index (κ1) is 22.6. The number of carbonyl (C=O) groups is 1. The molecular formula is C21H42O2. The van der Waals surface area contributed by atoms with Crippen LogP contribution in [0.15, 0.2) is 0 Å². The highest BCUT2D eigenvalue weighted by molar-refractivity contribution is 5.78. The number of aliphatic hydroxyl groups is 1. The standard InChI is InChI=1S/C21H42O2/c1-3-5-7-8-9-10-11-12-13-14-16-18-21(23)19-20(22)17-15-6-4-2/h21,23H,3-19H2,1-2H3. The van der Waals surface area contributed by atoms with Crippen molar-refractivity contribution in [1.82, 2.24) is 0 Å². The number of Topliss-reactive ketones (excluding diaryl/α,β-unsaturated/α-hetero) is 1. The molecule has 0 bridgehead atoms. The number of ketones is 1. The molecule has 2 nitrogen and oxygen atoms in total. The molecular weight excluding hydrogens is 284 g/mol. The van der Waals surface area contributed by atoms with E-state index in [1.54, 1.807) is 0 Å². The molecule has 2 heteroatoms. The third-order valence-electron chi connectivity index (χ3n) is 4.66. The maximum atomic E-state index is 11.7. The van der Waals surface area contributed by atoms with Crippen LogP contribution in [0.4, 0.5) is 0 Å². The number of unbranched alkanes of at least 4 members (excludes halogenated alkanes) is 12. The van der Waals surface area contributed by atoms with Gasteiger partial charge < -0.3 is 5.11 Å². The van der Waals surface area contributed by atoms with Gasteiger partial charge in [0.25, 0.3) is 0 Å². The summed E-state index contributed by atoms with van der Waals surface area (Å²) in [6, 6.07) is 0. The van der Waals surface area contributed by atoms with Crippen LogP contribution in [-0.4, -0.2) is 17.0 Å². The third kappa shape index (κ3) is 17.8. The second-order valence-electron chi connectivity index (χ2n) is 7.18. The number of hydrogen-bond donors (Lipinski definition) is 1. The molecule has 0 aromatic rings. The number of aliphatic hydroxyl groups excluding tert-OH is 1. The van der Waals surface area contributed by atoms with Gasteiger partial charge in [-0.3, -0.25) is 4.79 Å². The van der Waals surface area contributed by atoms with Crippen molar-refractivity contribution in [3.8, 4) is 0 Å². The third-order valence-corrected chi connectivity index (χ3v) is 4.66. The largest absolute Gasteiger partial charge is 0.393 e. The first-order valence-electron chi connectivity index (χ1n) is 10.4. The molecule has 0 heterocycles. The molecule has 1 unspecified atom stereocenters. The van der Waals surface area contributed by atoms with Gasteiger partial charge in [-0.1, -0.05) is 97.3 Å². The lowest BCUT2D eigenvalue weighted by Crippen LogP contribution is -2.13. The van der Waals surface area contributed by atoms with E-state index in [0.717, 1.165) is 32.1 Å². The first-order chi connectivity index (χ1) is 11.2. The van der Waals surface area contributed by atoms with E-state index in [9.17, 15) is 9.90 Å². The molecule has 0 saturated carbocycles. The van der Waals surface area contributed by atoms with Crippen molar-refractivity contribution in [2.45, 2.75) is 129 Å². The Morgan fingerprint density at radius 2 is 1.13 bits per heavy atom. The van der Waals surface area contributed by atoms with E-state index in [1.165, 1.54) is 64.2 Å². The fraction of sp³-hybridized carbons (Fsp3) is 0.952. The van der Waals surface area contributed by atoms with Gasteiger partial charge in [-0.05, 0) is 12.8 Å². The fourth-order valence-corrected chi connectivity index (χ4v) is 3.08. The summed E-state index contributed by atoms with van der Waals surface area (Å²) in [4.78, 5) is 11.7. The highest BCUT2D eigenvalue weighted by atomic mass is 16.3. The Kier molecular flexibility index (Phi) is 17.7. The van der Waals surface area contributed by atoms with Crippen LogP contribution in [0.1, 0.15) is 123 Å². The van der Waals surface area contributed by atoms with Gasteiger partial charge in [0.15, 0.2) is 0 Å². The highest BCUT2D eigenvalue weighted by Crippen LogP contribution is 2.14. The lowest BCUT2D eigenvalue weighted by atomic mass is 10.0. The lowest BCUT2D eigenvalue weighted by molar-refractivity contribution is -0.121. The second kappa shape index (κ2) is 18.0. The van der Waals surface area contributed by atoms with E-state index in [1.807, 2.05) is 0 Å². The van der Waals surface area contributed by atoms with Gasteiger partial charge in [-0.2, -0.15) is 0 Å². The molecule has 138 valence electrons. The molecule has 0 fully saturated rings. The Morgan fingerprint density at radius 1 is 0.696 bits per heavy atom. The van der Waals surface area contributed by atoms with Crippen LogP contribution in [0, 0.1) is 0 Å². The monoisotopic (exact) mass is 326 g/mol. The van der Waals surface area contributed by atoms with Crippen molar-refractivity contribution < 1.29 is 9.90 Å². The second-order valence-corrected chi connectivity index (χ2v) is 7.18. The first-order valence-corrected chi connectivity index (χ1v) is 10.4. The Hall–Kier alpha value is -0.370. The van der Waals surface area contributed by atoms with Gasteiger partial charge >= 0.3 is 0 Å². The molecule has 0 aliphatic carbocycles. The summed E-state index contributed by atoms with van der Waals surface area (Å²) in [6.45, 7) is 4.41. The molecule has 0 saturated heterocycles. The minimum absolute atomic E-state index is 0.244. The summed E-state index contributed by atoms with van der Waals surface area (Å²) in [5.74, 6) is 0.244. The van der Waals surface area contributed by atoms with Crippen LogP contribution in [0.5, 0.6) is 0 Å². The molecule has 0 radical (unpaired) electrons. The predicted octanol–water partition coefficient (Wildman–Crippen LogP) is 6.59. The minimum Gasteiger partial charge on any atom is -0.393 e. The van der Waals surface area contributed by atoms with Crippen LogP contribution < -0.4 is 0 Å². The van der Waals surface area contributed by atoms with Crippen LogP contribution >= 0.6 is 0 Å². The SMILES string of the molecule is CCCCCCCCCCCCCC(O)CC(=O)CCCCC. The normalized spacial score (nSPS) is 12.5. The molecule has 1 atom stereocenters. The summed E-state index contributed by atoms with van der Waals surface area (Å²) in [5.41, 5.74) is 0. The van der Waals surface area contributed by atoms with Crippen molar-refractivity contribution in [3.05, 3.63) is 0 Å². The van der Waals surface area contributed by atoms with Gasteiger partial charge in [-0.25, -0.2) is 0 Å². The summed E-state index contributed by atoms with van der Waals surface area (Å²) < 4.78 is 0. The molecule has 0 rings (SSSR count). The van der Waals surface area contributed by atoms with E-state index in [2.05, 4.69) is 13.8 Å². The van der Waals surface area contributed by atoms with Crippen molar-refractivity contribution in [3.63, 3.8) is 0 Å². The topological polar surface area (TPSA) is 37.3 Å². The molecule has 0 amide bonds. The summed E-state index contributed by atoms with van der Waals surface area (Å²) >= 11 is 0. The van der Waals surface area contributed by atoms with Gasteiger partial charge in [0, 0.05) is 12.8 Å². The summed E-state index contributed by atoms with van der Waals surface area (Å²) in [6.07, 6.45) is 19.3. The van der Waals surface area contributed by atoms with Gasteiger partial charge in [0.1, 0.15) is 5.78 Å². The summed E-state index contributed by atoms with van der Waals surface area (Å²) in [7, 11) is 0. The summed E-state index contributed by atoms with van der Waals surface area (Å²) in [5, 5.41) is 9.90. The molecule has 0 aliphatic rings. The van der Waals surface area contributed by atoms with Crippen LogP contribution in [0.2, 0.25) is 0 Å². The highest BCUT2D eigenvalue weighted by Gasteiger charge is 2.10. The van der Waals surface area contributed by atoms with E-state index < -0.39 is 6.10 Å². The van der Waals surface area contributed by atoms with Gasteiger partial charge in [0.2, 0.25) is 0 Å². The zero-order valence-corrected chi connectivity index (χ0v) is 16.0. The lowest BCUT2D eigenvalue weighted by Gasteiger charge is -2.09. The zero-order valence-electron chi connectivity index (χ0n) is 16.0. The smallest absolute Gasteiger partial charge is 0.135 e. The van der Waals surface area contributed by atoms with Crippen LogP contribution in [0.3, 0.4) is 0 Å². The van der Waals surface area contributed by atoms with Crippen molar-refractivity contribution in [2.75, 3.05) is 0 Å². The minimum atomic E-state index is -0.400. The zero-order chi connectivity index (χ0) is 17.2. The van der Waals surface area contributed by atoms with E-state index >= 15 is 0 Å². The molecule has 0 aromatic heterocycles. The van der Waals surface area contributed by atoms with Gasteiger partial charge in [0.05, 0.1) is 6.10 Å². The maximum Gasteiger partial charge on any atom is 0.135 e. The van der Waals surface area contributed by atoms with E-state index in [-0.39, 0.29) is 5.78 Å². The Bertz CT molecular complexity index is 250. The molecule has 0 aromatic carbocycles. The number of rotatable bonds is 18. The Labute approximate surface area is 145 Å². The molecule has 0 aliphatic heterocycles. The molecule has 23 heavy (non-hydrogen) atoms. The average molecular weight is 327 g/mol. The maximum absolute atomic E-state index is 11.7. The Morgan fingerprint density at radius 3 is 1.65 bits per heavy atom.